The molecule has 0 fully saturated rings. The number of ether oxygens (including phenoxy) is 1. The van der Waals surface area contributed by atoms with Crippen molar-refractivity contribution in [1.82, 2.24) is 24.4 Å². The van der Waals surface area contributed by atoms with Gasteiger partial charge in [0.05, 0.1) is 35.9 Å². The molecule has 8 heteroatoms. The molecule has 8 nitrogen and oxygen atoms in total. The van der Waals surface area contributed by atoms with Crippen molar-refractivity contribution in [3.8, 4) is 11.3 Å². The fraction of sp³-hybridized carbons (Fsp3) is 0.125. The van der Waals surface area contributed by atoms with Crippen molar-refractivity contribution >= 4 is 22.4 Å². The van der Waals surface area contributed by atoms with Gasteiger partial charge in [0.25, 0.3) is 5.56 Å². The van der Waals surface area contributed by atoms with Crippen molar-refractivity contribution in [2.45, 2.75) is 0 Å². The van der Waals surface area contributed by atoms with Gasteiger partial charge in [-0.3, -0.25) is 9.48 Å². The first-order valence-electron chi connectivity index (χ1n) is 7.23. The van der Waals surface area contributed by atoms with E-state index in [1.165, 1.54) is 23.9 Å². The SMILES string of the molecule is COC(N)=c1cnn2c(=O)cc(-c3ccc4c(cnn4C)c3)nc12. The molecule has 120 valence electrons. The van der Waals surface area contributed by atoms with E-state index in [1.807, 2.05) is 25.2 Å². The van der Waals surface area contributed by atoms with Gasteiger partial charge in [-0.2, -0.15) is 14.7 Å². The Kier molecular flexibility index (Phi) is 2.99. The molecule has 0 bridgehead atoms. The standard InChI is InChI=1S/C16H14N6O2/c1-21-13-4-3-9(5-10(13)7-18-21)12-6-14(23)22-16(20-12)11(8-19-22)15(17)24-2/h3-8H,17H2,1-2H3. The summed E-state index contributed by atoms with van der Waals surface area (Å²) in [6, 6.07) is 7.24. The number of hydrogen-bond acceptors (Lipinski definition) is 6. The summed E-state index contributed by atoms with van der Waals surface area (Å²) in [5.74, 6) is 0.164. The highest BCUT2D eigenvalue weighted by Crippen LogP contribution is 2.22. The van der Waals surface area contributed by atoms with Crippen LogP contribution in [0.1, 0.15) is 0 Å². The van der Waals surface area contributed by atoms with E-state index in [0.29, 0.717) is 16.6 Å². The second-order valence-corrected chi connectivity index (χ2v) is 5.38. The molecule has 0 aliphatic carbocycles. The molecule has 0 saturated heterocycles. The van der Waals surface area contributed by atoms with Crippen molar-refractivity contribution < 1.29 is 4.74 Å². The van der Waals surface area contributed by atoms with Crippen LogP contribution in [-0.4, -0.2) is 31.5 Å². The molecular formula is C16H14N6O2. The molecule has 0 atom stereocenters. The van der Waals surface area contributed by atoms with Crippen LogP contribution in [0.4, 0.5) is 0 Å². The first kappa shape index (κ1) is 14.2. The molecule has 0 spiro atoms. The van der Waals surface area contributed by atoms with Crippen LogP contribution in [0, 0.1) is 0 Å². The zero-order chi connectivity index (χ0) is 16.8. The predicted molar refractivity (Wildman–Crippen MR) is 88.8 cm³/mol. The number of aryl methyl sites for hydroxylation is 1. The molecule has 3 heterocycles. The molecule has 0 radical (unpaired) electrons. The number of benzene rings is 1. The van der Waals surface area contributed by atoms with Gasteiger partial charge in [-0.25, -0.2) is 4.98 Å². The number of fused-ring (bicyclic) bond motifs is 2. The topological polar surface area (TPSA) is 100 Å². The summed E-state index contributed by atoms with van der Waals surface area (Å²) in [5, 5.41) is 9.70. The third kappa shape index (κ3) is 2.00. The summed E-state index contributed by atoms with van der Waals surface area (Å²) in [6.07, 6.45) is 3.24. The summed E-state index contributed by atoms with van der Waals surface area (Å²) in [4.78, 5) is 16.9. The maximum atomic E-state index is 12.3. The molecule has 4 aromatic rings. The second kappa shape index (κ2) is 5.05. The minimum absolute atomic E-state index is 0.164. The van der Waals surface area contributed by atoms with Gasteiger partial charge in [0.2, 0.25) is 0 Å². The molecule has 24 heavy (non-hydrogen) atoms. The van der Waals surface area contributed by atoms with E-state index in [9.17, 15) is 4.79 Å². The van der Waals surface area contributed by atoms with Crippen molar-refractivity contribution in [2.24, 2.45) is 12.8 Å². The third-order valence-electron chi connectivity index (χ3n) is 3.97. The van der Waals surface area contributed by atoms with E-state index in [4.69, 9.17) is 10.5 Å². The van der Waals surface area contributed by atoms with Gasteiger partial charge in [-0.15, -0.1) is 0 Å². The van der Waals surface area contributed by atoms with Crippen molar-refractivity contribution in [3.05, 3.63) is 52.2 Å². The summed E-state index contributed by atoms with van der Waals surface area (Å²) < 4.78 is 8.03. The number of nitrogens with zero attached hydrogens (tertiary/aromatic N) is 5. The zero-order valence-corrected chi connectivity index (χ0v) is 13.1. The van der Waals surface area contributed by atoms with Crippen molar-refractivity contribution in [2.75, 3.05) is 7.11 Å². The van der Waals surface area contributed by atoms with Crippen LogP contribution in [-0.2, 0) is 11.8 Å². The Labute approximate surface area is 135 Å². The van der Waals surface area contributed by atoms with E-state index in [0.717, 1.165) is 16.5 Å². The van der Waals surface area contributed by atoms with Crippen LogP contribution >= 0.6 is 0 Å². The monoisotopic (exact) mass is 322 g/mol. The Bertz CT molecular complexity index is 1190. The highest BCUT2D eigenvalue weighted by molar-refractivity contribution is 5.84. The highest BCUT2D eigenvalue weighted by Gasteiger charge is 2.11. The number of hydrogen-bond donors (Lipinski definition) is 1. The lowest BCUT2D eigenvalue weighted by Gasteiger charge is -2.03. The molecule has 3 aromatic heterocycles. The van der Waals surface area contributed by atoms with E-state index < -0.39 is 0 Å². The fourth-order valence-corrected chi connectivity index (χ4v) is 2.69. The maximum absolute atomic E-state index is 12.3. The third-order valence-corrected chi connectivity index (χ3v) is 3.97. The smallest absolute Gasteiger partial charge is 0.275 e. The van der Waals surface area contributed by atoms with Gasteiger partial charge in [-0.1, -0.05) is 6.07 Å². The highest BCUT2D eigenvalue weighted by atomic mass is 16.5. The second-order valence-electron chi connectivity index (χ2n) is 5.38. The number of rotatable bonds is 2. The average Bonchev–Trinajstić information content (AvgIpc) is 3.18. The quantitative estimate of drug-likeness (QED) is 0.559. The van der Waals surface area contributed by atoms with E-state index in [2.05, 4.69) is 15.2 Å². The lowest BCUT2D eigenvalue weighted by atomic mass is 10.1. The lowest BCUT2D eigenvalue weighted by Crippen LogP contribution is -2.19. The zero-order valence-electron chi connectivity index (χ0n) is 13.1. The molecule has 0 amide bonds. The van der Waals surface area contributed by atoms with Gasteiger partial charge in [0.1, 0.15) is 0 Å². The summed E-state index contributed by atoms with van der Waals surface area (Å²) >= 11 is 0. The average molecular weight is 322 g/mol. The van der Waals surface area contributed by atoms with Gasteiger partial charge in [0, 0.05) is 24.1 Å². The Morgan fingerprint density at radius 3 is 2.83 bits per heavy atom. The fourth-order valence-electron chi connectivity index (χ4n) is 2.69. The summed E-state index contributed by atoms with van der Waals surface area (Å²) in [7, 11) is 3.33. The summed E-state index contributed by atoms with van der Waals surface area (Å²) in [6.45, 7) is 0. The number of nitrogens with two attached hydrogens (primary N) is 1. The van der Waals surface area contributed by atoms with E-state index >= 15 is 0 Å². The van der Waals surface area contributed by atoms with E-state index in [1.54, 1.807) is 10.9 Å². The number of aromatic nitrogens is 5. The Morgan fingerprint density at radius 1 is 1.21 bits per heavy atom. The largest absolute Gasteiger partial charge is 0.482 e. The summed E-state index contributed by atoms with van der Waals surface area (Å²) in [5.41, 5.74) is 8.26. The molecule has 1 aromatic carbocycles. The van der Waals surface area contributed by atoms with Crippen LogP contribution < -0.4 is 16.5 Å². The Balaban J connectivity index is 2.00. The molecule has 0 aliphatic rings. The van der Waals surface area contributed by atoms with Crippen LogP contribution in [0.2, 0.25) is 0 Å². The molecule has 0 aliphatic heterocycles. The Hall–Kier alpha value is -3.42. The van der Waals surface area contributed by atoms with Gasteiger partial charge < -0.3 is 10.5 Å². The molecule has 0 saturated carbocycles. The molecular weight excluding hydrogens is 308 g/mol. The van der Waals surface area contributed by atoms with Crippen LogP contribution in [0.15, 0.2) is 41.5 Å². The van der Waals surface area contributed by atoms with E-state index in [-0.39, 0.29) is 11.4 Å². The molecule has 4 rings (SSSR count). The molecule has 2 N–H and O–H groups in total. The predicted octanol–water partition coefficient (Wildman–Crippen LogP) is 0.0329. The minimum atomic E-state index is -0.281. The van der Waals surface area contributed by atoms with Gasteiger partial charge >= 0.3 is 0 Å². The van der Waals surface area contributed by atoms with Crippen LogP contribution in [0.3, 0.4) is 0 Å². The first-order valence-corrected chi connectivity index (χ1v) is 7.23. The number of methoxy groups -OCH3 is 1. The lowest BCUT2D eigenvalue weighted by molar-refractivity contribution is 0.357. The normalized spacial score (nSPS) is 12.8. The van der Waals surface area contributed by atoms with Gasteiger partial charge in [0.15, 0.2) is 11.5 Å². The van der Waals surface area contributed by atoms with Crippen molar-refractivity contribution in [1.29, 1.82) is 0 Å². The minimum Gasteiger partial charge on any atom is -0.482 e. The van der Waals surface area contributed by atoms with Crippen LogP contribution in [0.25, 0.3) is 33.7 Å². The molecule has 0 unspecified atom stereocenters. The van der Waals surface area contributed by atoms with Crippen LogP contribution in [0.5, 0.6) is 0 Å². The van der Waals surface area contributed by atoms with Gasteiger partial charge in [-0.05, 0) is 12.1 Å². The maximum Gasteiger partial charge on any atom is 0.275 e. The van der Waals surface area contributed by atoms with Crippen molar-refractivity contribution in [3.63, 3.8) is 0 Å². The first-order chi connectivity index (χ1) is 11.6. The Morgan fingerprint density at radius 2 is 2.04 bits per heavy atom.